The minimum atomic E-state index is 0.197. The fourth-order valence-corrected chi connectivity index (χ4v) is 2.51. The molecule has 0 fully saturated rings. The molecule has 4 heteroatoms. The summed E-state index contributed by atoms with van der Waals surface area (Å²) in [6.07, 6.45) is 1.64. The van der Waals surface area contributed by atoms with Crippen molar-refractivity contribution < 1.29 is 0 Å². The standard InChI is InChI=1S/C15H14BrN3/c1-11(13-6-2-3-7-14(13)16)19-10-12-5-4-8-18-15(12)9-17/h2-8,11,19H,10H2,1H3/t11-/m0/s1. The summed E-state index contributed by atoms with van der Waals surface area (Å²) in [5.41, 5.74) is 2.60. The van der Waals surface area contributed by atoms with Crippen LogP contribution in [-0.2, 0) is 6.54 Å². The highest BCUT2D eigenvalue weighted by Crippen LogP contribution is 2.23. The lowest BCUT2D eigenvalue weighted by atomic mass is 10.1. The topological polar surface area (TPSA) is 48.7 Å². The van der Waals surface area contributed by atoms with Gasteiger partial charge in [-0.15, -0.1) is 0 Å². The van der Waals surface area contributed by atoms with Gasteiger partial charge in [0.1, 0.15) is 11.8 Å². The maximum atomic E-state index is 9.00. The van der Waals surface area contributed by atoms with Crippen molar-refractivity contribution in [1.82, 2.24) is 10.3 Å². The number of nitrogens with one attached hydrogen (secondary N) is 1. The Morgan fingerprint density at radius 2 is 2.11 bits per heavy atom. The summed E-state index contributed by atoms with van der Waals surface area (Å²) in [5.74, 6) is 0. The van der Waals surface area contributed by atoms with Crippen molar-refractivity contribution in [2.75, 3.05) is 0 Å². The fourth-order valence-electron chi connectivity index (χ4n) is 1.88. The van der Waals surface area contributed by atoms with Gasteiger partial charge in [0.15, 0.2) is 0 Å². The van der Waals surface area contributed by atoms with E-state index in [-0.39, 0.29) is 6.04 Å². The van der Waals surface area contributed by atoms with Crippen molar-refractivity contribution in [3.05, 3.63) is 63.9 Å². The number of hydrogen-bond donors (Lipinski definition) is 1. The van der Waals surface area contributed by atoms with E-state index in [0.717, 1.165) is 10.0 Å². The maximum Gasteiger partial charge on any atom is 0.144 e. The Morgan fingerprint density at radius 3 is 2.84 bits per heavy atom. The monoisotopic (exact) mass is 315 g/mol. The molecule has 0 unspecified atom stereocenters. The molecule has 2 rings (SSSR count). The van der Waals surface area contributed by atoms with Crippen LogP contribution in [0.3, 0.4) is 0 Å². The Hall–Kier alpha value is -1.70. The van der Waals surface area contributed by atoms with Crippen LogP contribution in [0, 0.1) is 11.3 Å². The van der Waals surface area contributed by atoms with Crippen molar-refractivity contribution in [2.24, 2.45) is 0 Å². The molecule has 1 aromatic carbocycles. The molecule has 1 atom stereocenters. The quantitative estimate of drug-likeness (QED) is 0.938. The summed E-state index contributed by atoms with van der Waals surface area (Å²) >= 11 is 3.55. The van der Waals surface area contributed by atoms with Gasteiger partial charge >= 0.3 is 0 Å². The number of pyridine rings is 1. The molecule has 0 spiro atoms. The summed E-state index contributed by atoms with van der Waals surface area (Å²) in [4.78, 5) is 4.06. The van der Waals surface area contributed by atoms with Crippen LogP contribution < -0.4 is 5.32 Å². The second kappa shape index (κ2) is 6.46. The minimum Gasteiger partial charge on any atom is -0.306 e. The van der Waals surface area contributed by atoms with Crippen molar-refractivity contribution in [1.29, 1.82) is 5.26 Å². The van der Waals surface area contributed by atoms with E-state index >= 15 is 0 Å². The van der Waals surface area contributed by atoms with E-state index in [4.69, 9.17) is 5.26 Å². The van der Waals surface area contributed by atoms with E-state index in [1.165, 1.54) is 5.56 Å². The van der Waals surface area contributed by atoms with Gasteiger partial charge in [-0.2, -0.15) is 5.26 Å². The molecule has 2 aromatic rings. The predicted molar refractivity (Wildman–Crippen MR) is 78.3 cm³/mol. The molecule has 0 amide bonds. The zero-order chi connectivity index (χ0) is 13.7. The molecule has 0 radical (unpaired) electrons. The zero-order valence-electron chi connectivity index (χ0n) is 10.6. The van der Waals surface area contributed by atoms with E-state index in [9.17, 15) is 0 Å². The van der Waals surface area contributed by atoms with Crippen LogP contribution in [0.1, 0.15) is 29.8 Å². The maximum absolute atomic E-state index is 9.00. The normalized spacial score (nSPS) is 11.8. The van der Waals surface area contributed by atoms with E-state index in [2.05, 4.69) is 45.3 Å². The van der Waals surface area contributed by atoms with E-state index in [0.29, 0.717) is 12.2 Å². The Morgan fingerprint density at radius 1 is 1.32 bits per heavy atom. The largest absolute Gasteiger partial charge is 0.306 e. The van der Waals surface area contributed by atoms with E-state index in [1.54, 1.807) is 6.20 Å². The number of benzene rings is 1. The van der Waals surface area contributed by atoms with Gasteiger partial charge < -0.3 is 5.32 Å². The van der Waals surface area contributed by atoms with Crippen LogP contribution in [-0.4, -0.2) is 4.98 Å². The number of aromatic nitrogens is 1. The third-order valence-electron chi connectivity index (χ3n) is 2.97. The second-order valence-corrected chi connectivity index (χ2v) is 5.10. The number of nitriles is 1. The third kappa shape index (κ3) is 3.40. The van der Waals surface area contributed by atoms with Gasteiger partial charge in [0.25, 0.3) is 0 Å². The first-order valence-electron chi connectivity index (χ1n) is 6.04. The molecule has 0 bridgehead atoms. The fraction of sp³-hybridized carbons (Fsp3) is 0.200. The van der Waals surface area contributed by atoms with Gasteiger partial charge in [-0.1, -0.05) is 40.2 Å². The lowest BCUT2D eigenvalue weighted by Crippen LogP contribution is -2.19. The first-order valence-corrected chi connectivity index (χ1v) is 6.83. The van der Waals surface area contributed by atoms with Gasteiger partial charge in [-0.05, 0) is 24.6 Å². The molecule has 1 N–H and O–H groups in total. The summed E-state index contributed by atoms with van der Waals surface area (Å²) in [7, 11) is 0. The molecule has 0 aliphatic heterocycles. The molecule has 0 saturated carbocycles. The highest BCUT2D eigenvalue weighted by molar-refractivity contribution is 9.10. The second-order valence-electron chi connectivity index (χ2n) is 4.25. The molecule has 96 valence electrons. The number of hydrogen-bond acceptors (Lipinski definition) is 3. The Balaban J connectivity index is 2.07. The van der Waals surface area contributed by atoms with Crippen molar-refractivity contribution in [3.8, 4) is 6.07 Å². The highest BCUT2D eigenvalue weighted by Gasteiger charge is 2.09. The van der Waals surface area contributed by atoms with Crippen LogP contribution in [0.4, 0.5) is 0 Å². The zero-order valence-corrected chi connectivity index (χ0v) is 12.2. The van der Waals surface area contributed by atoms with Crippen molar-refractivity contribution in [3.63, 3.8) is 0 Å². The van der Waals surface area contributed by atoms with Gasteiger partial charge in [-0.25, -0.2) is 4.98 Å². The lowest BCUT2D eigenvalue weighted by molar-refractivity contribution is 0.571. The highest BCUT2D eigenvalue weighted by atomic mass is 79.9. The molecule has 0 saturated heterocycles. The summed E-state index contributed by atoms with van der Waals surface area (Å²) < 4.78 is 1.08. The van der Waals surface area contributed by atoms with Gasteiger partial charge in [0.2, 0.25) is 0 Å². The minimum absolute atomic E-state index is 0.197. The van der Waals surface area contributed by atoms with Gasteiger partial charge in [-0.3, -0.25) is 0 Å². The van der Waals surface area contributed by atoms with Crippen molar-refractivity contribution in [2.45, 2.75) is 19.5 Å². The van der Waals surface area contributed by atoms with Crippen LogP contribution in [0.2, 0.25) is 0 Å². The van der Waals surface area contributed by atoms with E-state index < -0.39 is 0 Å². The Kier molecular flexibility index (Phi) is 4.67. The molecular weight excluding hydrogens is 302 g/mol. The SMILES string of the molecule is C[C@H](NCc1cccnc1C#N)c1ccccc1Br. The Bertz CT molecular complexity index is 604. The Labute approximate surface area is 121 Å². The first-order chi connectivity index (χ1) is 9.22. The number of halogens is 1. The summed E-state index contributed by atoms with van der Waals surface area (Å²) in [6.45, 7) is 2.72. The first kappa shape index (κ1) is 13.7. The van der Waals surface area contributed by atoms with Crippen LogP contribution in [0.15, 0.2) is 47.1 Å². The number of rotatable bonds is 4. The molecular formula is C15H14BrN3. The molecule has 3 nitrogen and oxygen atoms in total. The number of nitrogens with zero attached hydrogens (tertiary/aromatic N) is 2. The third-order valence-corrected chi connectivity index (χ3v) is 3.69. The average Bonchev–Trinajstić information content (AvgIpc) is 2.45. The average molecular weight is 316 g/mol. The van der Waals surface area contributed by atoms with E-state index in [1.807, 2.05) is 30.3 Å². The van der Waals surface area contributed by atoms with Crippen LogP contribution >= 0.6 is 15.9 Å². The lowest BCUT2D eigenvalue weighted by Gasteiger charge is -2.16. The van der Waals surface area contributed by atoms with Crippen LogP contribution in [0.5, 0.6) is 0 Å². The summed E-state index contributed by atoms with van der Waals surface area (Å²) in [6, 6.07) is 14.2. The molecule has 1 aromatic heterocycles. The molecule has 1 heterocycles. The van der Waals surface area contributed by atoms with Gasteiger partial charge in [0, 0.05) is 28.8 Å². The molecule has 0 aliphatic carbocycles. The smallest absolute Gasteiger partial charge is 0.144 e. The van der Waals surface area contributed by atoms with Crippen molar-refractivity contribution >= 4 is 15.9 Å². The molecule has 0 aliphatic rings. The van der Waals surface area contributed by atoms with Gasteiger partial charge in [0.05, 0.1) is 0 Å². The molecule has 19 heavy (non-hydrogen) atoms. The van der Waals surface area contributed by atoms with Crippen LogP contribution in [0.25, 0.3) is 0 Å². The summed E-state index contributed by atoms with van der Waals surface area (Å²) in [5, 5.41) is 12.4. The predicted octanol–water partition coefficient (Wildman–Crippen LogP) is 3.57.